The molecule has 0 unspecified atom stereocenters. The maximum absolute atomic E-state index is 12.5. The first-order valence-electron chi connectivity index (χ1n) is 10.4. The minimum Gasteiger partial charge on any atom is -0.360 e. The van der Waals surface area contributed by atoms with Crippen LogP contribution in [0.3, 0.4) is 0 Å². The molecule has 3 N–H and O–H groups in total. The maximum Gasteiger partial charge on any atom is 0.326 e. The number of fused-ring (bicyclic) bond motifs is 1. The topological polar surface area (TPSA) is 85.9 Å². The monoisotopic (exact) mass is 464 g/mol. The van der Waals surface area contributed by atoms with E-state index in [1.807, 2.05) is 30.5 Å². The smallest absolute Gasteiger partial charge is 0.326 e. The minimum atomic E-state index is -0.408. The molecule has 162 valence electrons. The second kappa shape index (κ2) is 9.10. The summed E-state index contributed by atoms with van der Waals surface area (Å²) in [7, 11) is 0. The Balaban J connectivity index is 1.40. The number of benzene rings is 2. The van der Waals surface area contributed by atoms with Gasteiger partial charge in [-0.2, -0.15) is 4.98 Å². The SMILES string of the molecule is O=C(Nc1ccc(Cl)cc1)Nc1nc(Sc2c[nH]c3ccccc23)cc(N2CCCC2)n1. The zero-order valence-electron chi connectivity index (χ0n) is 17.1. The number of aromatic amines is 1. The van der Waals surface area contributed by atoms with Crippen molar-refractivity contribution in [1.82, 2.24) is 15.0 Å². The average molecular weight is 465 g/mol. The highest BCUT2D eigenvalue weighted by molar-refractivity contribution is 7.99. The van der Waals surface area contributed by atoms with Crippen molar-refractivity contribution in [3.05, 3.63) is 65.8 Å². The van der Waals surface area contributed by atoms with Crippen LogP contribution in [0.1, 0.15) is 12.8 Å². The lowest BCUT2D eigenvalue weighted by atomic mass is 10.2. The van der Waals surface area contributed by atoms with Crippen LogP contribution in [-0.2, 0) is 0 Å². The number of amides is 2. The Labute approximate surface area is 194 Å². The number of rotatable bonds is 5. The summed E-state index contributed by atoms with van der Waals surface area (Å²) in [5.74, 6) is 1.09. The van der Waals surface area contributed by atoms with Crippen LogP contribution < -0.4 is 15.5 Å². The summed E-state index contributed by atoms with van der Waals surface area (Å²) in [5.41, 5.74) is 1.71. The van der Waals surface area contributed by atoms with Crippen molar-refractivity contribution in [3.8, 4) is 0 Å². The van der Waals surface area contributed by atoms with Crippen molar-refractivity contribution in [2.75, 3.05) is 28.6 Å². The molecule has 0 atom stereocenters. The van der Waals surface area contributed by atoms with Crippen LogP contribution in [0.15, 0.2) is 70.7 Å². The molecular weight excluding hydrogens is 444 g/mol. The second-order valence-electron chi connectivity index (χ2n) is 7.47. The van der Waals surface area contributed by atoms with Crippen LogP contribution >= 0.6 is 23.4 Å². The molecule has 3 heterocycles. The Morgan fingerprint density at radius 1 is 1.03 bits per heavy atom. The highest BCUT2D eigenvalue weighted by Gasteiger charge is 2.18. The third kappa shape index (κ3) is 4.66. The van der Waals surface area contributed by atoms with Gasteiger partial charge in [-0.05, 0) is 43.2 Å². The molecule has 7 nitrogen and oxygen atoms in total. The van der Waals surface area contributed by atoms with Crippen LogP contribution in [0.5, 0.6) is 0 Å². The van der Waals surface area contributed by atoms with E-state index < -0.39 is 6.03 Å². The molecule has 0 aliphatic carbocycles. The van der Waals surface area contributed by atoms with E-state index in [1.54, 1.807) is 36.0 Å². The van der Waals surface area contributed by atoms with E-state index in [0.29, 0.717) is 10.7 Å². The Kier molecular flexibility index (Phi) is 5.87. The molecule has 1 aliphatic rings. The normalized spacial score (nSPS) is 13.5. The van der Waals surface area contributed by atoms with Gasteiger partial charge < -0.3 is 15.2 Å². The first-order chi connectivity index (χ1) is 15.6. The number of aromatic nitrogens is 3. The number of urea groups is 1. The lowest BCUT2D eigenvalue weighted by molar-refractivity contribution is 0.262. The number of nitrogens with one attached hydrogen (secondary N) is 3. The van der Waals surface area contributed by atoms with Gasteiger partial charge in [-0.3, -0.25) is 5.32 Å². The van der Waals surface area contributed by atoms with Crippen molar-refractivity contribution in [1.29, 1.82) is 0 Å². The molecule has 2 amide bonds. The minimum absolute atomic E-state index is 0.267. The molecule has 9 heteroatoms. The molecule has 1 fully saturated rings. The van der Waals surface area contributed by atoms with Gasteiger partial charge in [-0.1, -0.05) is 41.6 Å². The van der Waals surface area contributed by atoms with Crippen molar-refractivity contribution in [2.45, 2.75) is 22.8 Å². The van der Waals surface area contributed by atoms with Crippen LogP contribution in [0, 0.1) is 0 Å². The zero-order chi connectivity index (χ0) is 21.9. The molecule has 2 aromatic heterocycles. The number of anilines is 3. The number of carbonyl (C=O) groups excluding carboxylic acids is 1. The molecule has 0 saturated carbocycles. The van der Waals surface area contributed by atoms with E-state index in [9.17, 15) is 4.79 Å². The number of hydrogen-bond acceptors (Lipinski definition) is 5. The molecule has 0 spiro atoms. The summed E-state index contributed by atoms with van der Waals surface area (Å²) in [4.78, 5) is 28.3. The Morgan fingerprint density at radius 3 is 2.62 bits per heavy atom. The van der Waals surface area contributed by atoms with Gasteiger partial charge >= 0.3 is 6.03 Å². The van der Waals surface area contributed by atoms with Crippen molar-refractivity contribution in [2.24, 2.45) is 0 Å². The largest absolute Gasteiger partial charge is 0.360 e. The summed E-state index contributed by atoms with van der Waals surface area (Å²) in [6, 6.07) is 16.6. The predicted octanol–water partition coefficient (Wildman–Crippen LogP) is 6.01. The third-order valence-electron chi connectivity index (χ3n) is 5.21. The molecule has 0 bridgehead atoms. The molecule has 5 rings (SSSR count). The Morgan fingerprint density at radius 2 is 1.81 bits per heavy atom. The van der Waals surface area contributed by atoms with Gasteiger partial charge in [0, 0.05) is 51.9 Å². The number of carbonyl (C=O) groups is 1. The second-order valence-corrected chi connectivity index (χ2v) is 8.97. The van der Waals surface area contributed by atoms with E-state index in [0.717, 1.165) is 52.6 Å². The molecule has 0 radical (unpaired) electrons. The number of nitrogens with zero attached hydrogens (tertiary/aromatic N) is 3. The van der Waals surface area contributed by atoms with E-state index >= 15 is 0 Å². The molecular formula is C23H21ClN6OS. The van der Waals surface area contributed by atoms with Crippen molar-refractivity contribution >= 4 is 57.8 Å². The summed E-state index contributed by atoms with van der Waals surface area (Å²) in [5, 5.41) is 8.07. The predicted molar refractivity (Wildman–Crippen MR) is 130 cm³/mol. The van der Waals surface area contributed by atoms with Gasteiger partial charge in [-0.25, -0.2) is 9.78 Å². The highest BCUT2D eigenvalue weighted by atomic mass is 35.5. The molecule has 4 aromatic rings. The summed E-state index contributed by atoms with van der Waals surface area (Å²) in [6.45, 7) is 1.90. The number of hydrogen-bond donors (Lipinski definition) is 3. The van der Waals surface area contributed by atoms with E-state index in [1.165, 1.54) is 0 Å². The maximum atomic E-state index is 12.5. The number of para-hydroxylation sites is 1. The van der Waals surface area contributed by atoms with Gasteiger partial charge in [0.25, 0.3) is 0 Å². The van der Waals surface area contributed by atoms with Crippen molar-refractivity contribution < 1.29 is 4.79 Å². The van der Waals surface area contributed by atoms with Crippen LogP contribution in [0.25, 0.3) is 10.9 Å². The summed E-state index contributed by atoms with van der Waals surface area (Å²) < 4.78 is 0. The van der Waals surface area contributed by atoms with E-state index in [-0.39, 0.29) is 5.95 Å². The summed E-state index contributed by atoms with van der Waals surface area (Å²) in [6.07, 6.45) is 4.25. The van der Waals surface area contributed by atoms with Gasteiger partial charge in [-0.15, -0.1) is 0 Å². The molecule has 32 heavy (non-hydrogen) atoms. The van der Waals surface area contributed by atoms with Gasteiger partial charge in [0.05, 0.1) is 0 Å². The first-order valence-corrected chi connectivity index (χ1v) is 11.5. The lowest BCUT2D eigenvalue weighted by Crippen LogP contribution is -2.23. The summed E-state index contributed by atoms with van der Waals surface area (Å²) >= 11 is 7.46. The molecule has 1 saturated heterocycles. The quantitative estimate of drug-likeness (QED) is 0.315. The highest BCUT2D eigenvalue weighted by Crippen LogP contribution is 2.34. The number of halogens is 1. The fourth-order valence-electron chi connectivity index (χ4n) is 3.67. The van der Waals surface area contributed by atoms with Crippen LogP contribution in [-0.4, -0.2) is 34.1 Å². The molecule has 2 aromatic carbocycles. The van der Waals surface area contributed by atoms with Crippen LogP contribution in [0.4, 0.5) is 22.2 Å². The standard InChI is InChI=1S/C23H21ClN6OS/c24-15-7-9-16(10-8-15)26-23(31)29-22-27-20(30-11-3-4-12-30)13-21(28-22)32-19-14-25-18-6-2-1-5-17(18)19/h1-2,5-10,13-14,25H,3-4,11-12H2,(H2,26,27,28,29,31). The van der Waals surface area contributed by atoms with Crippen molar-refractivity contribution in [3.63, 3.8) is 0 Å². The fourth-order valence-corrected chi connectivity index (χ4v) is 4.72. The first kappa shape index (κ1) is 20.7. The Hall–Kier alpha value is -3.23. The third-order valence-corrected chi connectivity index (χ3v) is 6.44. The number of H-pyrrole nitrogens is 1. The molecule has 1 aliphatic heterocycles. The van der Waals surface area contributed by atoms with Gasteiger partial charge in [0.1, 0.15) is 10.8 Å². The lowest BCUT2D eigenvalue weighted by Gasteiger charge is -2.18. The Bertz CT molecular complexity index is 1250. The van der Waals surface area contributed by atoms with Crippen LogP contribution in [0.2, 0.25) is 5.02 Å². The average Bonchev–Trinajstić information content (AvgIpc) is 3.46. The fraction of sp³-hybridized carbons (Fsp3) is 0.174. The van der Waals surface area contributed by atoms with Gasteiger partial charge in [0.2, 0.25) is 5.95 Å². The van der Waals surface area contributed by atoms with Gasteiger partial charge in [0.15, 0.2) is 0 Å². The van der Waals surface area contributed by atoms with E-state index in [4.69, 9.17) is 11.6 Å². The van der Waals surface area contributed by atoms with E-state index in [2.05, 4.69) is 36.6 Å². The zero-order valence-corrected chi connectivity index (χ0v) is 18.7.